The minimum atomic E-state index is -2.03. The lowest BCUT2D eigenvalue weighted by atomic mass is 10.0. The quantitative estimate of drug-likeness (QED) is 0.0269. The molecule has 0 heterocycles. The molecular formula is C55H90N16O26. The molecule has 97 heavy (non-hydrogen) atoms. The van der Waals surface area contributed by atoms with Crippen molar-refractivity contribution >= 4 is 112 Å². The Morgan fingerprint density at radius 1 is 0.361 bits per heavy atom. The van der Waals surface area contributed by atoms with Crippen LogP contribution in [0.2, 0.25) is 0 Å². The normalized spacial score (nSPS) is 15.0. The van der Waals surface area contributed by atoms with E-state index in [1.807, 2.05) is 5.32 Å². The Labute approximate surface area is 553 Å². The summed E-state index contributed by atoms with van der Waals surface area (Å²) in [5.74, 6) is -24.9. The first-order valence-corrected chi connectivity index (χ1v) is 30.0. The second-order valence-corrected chi connectivity index (χ2v) is 22.9. The zero-order valence-corrected chi connectivity index (χ0v) is 54.0. The van der Waals surface area contributed by atoms with Gasteiger partial charge in [0.15, 0.2) is 0 Å². The molecule has 0 rings (SSSR count). The Kier molecular flexibility index (Phi) is 39.1. The molecule has 0 bridgehead atoms. The number of carboxylic acids is 4. The number of primary amides is 3. The van der Waals surface area contributed by atoms with Gasteiger partial charge >= 0.3 is 23.9 Å². The van der Waals surface area contributed by atoms with Crippen molar-refractivity contribution in [3.8, 4) is 0 Å². The van der Waals surface area contributed by atoms with Gasteiger partial charge in [-0.15, -0.1) is 0 Å². The summed E-state index contributed by atoms with van der Waals surface area (Å²) in [5.41, 5.74) is 21.4. The van der Waals surface area contributed by atoms with E-state index in [2.05, 4.69) is 58.5 Å². The van der Waals surface area contributed by atoms with Gasteiger partial charge in [0.05, 0.1) is 32.3 Å². The maximum atomic E-state index is 13.9. The summed E-state index contributed by atoms with van der Waals surface area (Å²) >= 11 is 0. The van der Waals surface area contributed by atoms with Gasteiger partial charge in [0.1, 0.15) is 72.5 Å². The van der Waals surface area contributed by atoms with Gasteiger partial charge in [-0.3, -0.25) is 91.1 Å². The first kappa shape index (κ1) is 86.8. The van der Waals surface area contributed by atoms with Crippen LogP contribution in [0.5, 0.6) is 0 Å². The van der Waals surface area contributed by atoms with Crippen molar-refractivity contribution in [1.29, 1.82) is 0 Å². The zero-order valence-electron chi connectivity index (χ0n) is 54.0. The molecule has 42 heteroatoms. The summed E-state index contributed by atoms with van der Waals surface area (Å²) in [6, 6.07) is -21.0. The number of nitrogens with two attached hydrogens (primary N) is 4. The number of carbonyl (C=O) groups excluding carboxylic acids is 15. The second kappa shape index (κ2) is 43.7. The molecule has 0 radical (unpaired) electrons. The lowest BCUT2D eigenvalue weighted by molar-refractivity contribution is -0.140. The molecular weight excluding hydrogens is 1300 g/mol. The summed E-state index contributed by atoms with van der Waals surface area (Å²) in [6.07, 6.45) is -9.79. The molecule has 0 spiro atoms. The molecule has 0 saturated carbocycles. The molecule has 0 aliphatic rings. The fourth-order valence-electron chi connectivity index (χ4n) is 8.39. The highest BCUT2D eigenvalue weighted by Gasteiger charge is 2.38. The van der Waals surface area contributed by atoms with E-state index in [0.29, 0.717) is 0 Å². The molecule has 546 valence electrons. The van der Waals surface area contributed by atoms with Crippen LogP contribution in [-0.2, 0) is 91.1 Å². The Morgan fingerprint density at radius 3 is 1.11 bits per heavy atom. The second-order valence-electron chi connectivity index (χ2n) is 22.9. The van der Waals surface area contributed by atoms with Crippen molar-refractivity contribution in [2.45, 2.75) is 197 Å². The predicted octanol–water partition coefficient (Wildman–Crippen LogP) is -11.1. The zero-order chi connectivity index (χ0) is 74.7. The summed E-state index contributed by atoms with van der Waals surface area (Å²) in [4.78, 5) is 243. The number of hydrogen-bond donors (Lipinski definition) is 23. The van der Waals surface area contributed by atoms with Crippen LogP contribution in [0.15, 0.2) is 0 Å². The standard InChI is InChI=1S/C55H90N16O26/c1-22(2)17-32(51(93)69-34(21-73)53(95)68-33(18-36(58)76)52(94)65-30(10-15-40(82)83)48(90)62-27(44(59)86)8-13-38(78)79)67-50(92)29(9-14-39(80)81)63-45(87)24(5)61-37(77)19-60-47(89)28(7-12-35(57)75)64-49(91)31(11-16-41(84)85)66-55(97)43(25(6)74)71-54(96)42(23(3)4)70-46(88)26(56)20-72/h22-34,42-43,72-74H,7-21,56H2,1-6H3,(H2,57,75)(H2,58,76)(H2,59,86)(H,60,89)(H,61,77)(H,62,90)(H,63,87)(H,64,91)(H,65,94)(H,66,97)(H,67,92)(H,68,95)(H,69,93)(H,70,88)(H,71,96)(H,78,79)(H,80,81)(H,82,83)(H,84,85)/t24-,25+,26-,27-,28-,29-,30-,31-,32-,33-,34-,42-,43-/m0/s1. The summed E-state index contributed by atoms with van der Waals surface area (Å²) in [6.45, 7) is 5.22. The number of aliphatic hydroxyl groups is 3. The number of aliphatic carboxylic acids is 4. The van der Waals surface area contributed by atoms with Crippen molar-refractivity contribution < 1.29 is 127 Å². The fourth-order valence-corrected chi connectivity index (χ4v) is 8.39. The largest absolute Gasteiger partial charge is 0.481 e. The number of rotatable bonds is 48. The van der Waals surface area contributed by atoms with Gasteiger partial charge in [-0.25, -0.2) is 0 Å². The van der Waals surface area contributed by atoms with Gasteiger partial charge < -0.3 is 122 Å². The number of hydrogen-bond acceptors (Lipinski definition) is 23. The molecule has 42 nitrogen and oxygen atoms in total. The van der Waals surface area contributed by atoms with Crippen LogP contribution in [0.25, 0.3) is 0 Å². The first-order chi connectivity index (χ1) is 45.0. The van der Waals surface area contributed by atoms with Crippen LogP contribution in [0.1, 0.15) is 119 Å². The summed E-state index contributed by atoms with van der Waals surface area (Å²) in [7, 11) is 0. The Hall–Kier alpha value is -10.2. The van der Waals surface area contributed by atoms with E-state index < -0.39 is 293 Å². The van der Waals surface area contributed by atoms with E-state index in [-0.39, 0.29) is 6.42 Å². The van der Waals surface area contributed by atoms with E-state index in [1.54, 1.807) is 13.8 Å². The highest BCUT2D eigenvalue weighted by atomic mass is 16.4. The third kappa shape index (κ3) is 34.7. The summed E-state index contributed by atoms with van der Waals surface area (Å²) in [5, 5.41) is 93.3. The Morgan fingerprint density at radius 2 is 0.711 bits per heavy atom. The minimum absolute atomic E-state index is 0.261. The van der Waals surface area contributed by atoms with Gasteiger partial charge in [0, 0.05) is 32.1 Å². The number of carboxylic acid groups (broad SMARTS) is 4. The van der Waals surface area contributed by atoms with Crippen LogP contribution in [0, 0.1) is 11.8 Å². The number of nitrogens with one attached hydrogen (secondary N) is 12. The van der Waals surface area contributed by atoms with Crippen molar-refractivity contribution in [1.82, 2.24) is 63.8 Å². The smallest absolute Gasteiger partial charge is 0.303 e. The number of amides is 15. The molecule has 0 fully saturated rings. The molecule has 15 amide bonds. The van der Waals surface area contributed by atoms with Crippen LogP contribution >= 0.6 is 0 Å². The number of aliphatic hydroxyl groups excluding tert-OH is 3. The maximum Gasteiger partial charge on any atom is 0.303 e. The van der Waals surface area contributed by atoms with Crippen LogP contribution < -0.4 is 86.7 Å². The van der Waals surface area contributed by atoms with Crippen LogP contribution in [-0.4, -0.2) is 247 Å². The van der Waals surface area contributed by atoms with Crippen LogP contribution in [0.3, 0.4) is 0 Å². The third-order valence-corrected chi connectivity index (χ3v) is 13.7. The highest BCUT2D eigenvalue weighted by Crippen LogP contribution is 2.12. The van der Waals surface area contributed by atoms with Gasteiger partial charge in [-0.05, 0) is 64.2 Å². The van der Waals surface area contributed by atoms with Gasteiger partial charge in [0.2, 0.25) is 88.6 Å². The monoisotopic (exact) mass is 1390 g/mol. The minimum Gasteiger partial charge on any atom is -0.481 e. The molecule has 13 atom stereocenters. The molecule has 0 unspecified atom stereocenters. The SMILES string of the molecule is CC(C)C[C@H](NC(=O)[C@H](CCC(=O)O)NC(=O)[C@H](C)NC(=O)CNC(=O)[C@H](CCC(N)=O)NC(=O)[C@H](CCC(=O)O)NC(=O)[C@@H](NC(=O)[C@@H](NC(=O)[C@@H](N)CO)C(C)C)[C@@H](C)O)C(=O)N[C@@H](CO)C(=O)N[C@@H](CC(N)=O)C(=O)N[C@@H](CCC(=O)O)C(=O)N[C@@H](CCC(=O)O)C(N)=O. The van der Waals surface area contributed by atoms with Crippen molar-refractivity contribution in [3.05, 3.63) is 0 Å². The highest BCUT2D eigenvalue weighted by molar-refractivity contribution is 6.00. The first-order valence-electron chi connectivity index (χ1n) is 30.0. The molecule has 27 N–H and O–H groups in total. The van der Waals surface area contributed by atoms with E-state index in [4.69, 9.17) is 28.0 Å². The van der Waals surface area contributed by atoms with E-state index in [1.165, 1.54) is 13.8 Å². The number of carbonyl (C=O) groups is 19. The van der Waals surface area contributed by atoms with Crippen molar-refractivity contribution in [2.24, 2.45) is 34.8 Å². The summed E-state index contributed by atoms with van der Waals surface area (Å²) < 4.78 is 0. The molecule has 0 aromatic heterocycles. The Bertz CT molecular complexity index is 2860. The van der Waals surface area contributed by atoms with E-state index in [0.717, 1.165) is 13.8 Å². The average molecular weight is 1390 g/mol. The topological polar surface area (TPSA) is 714 Å². The average Bonchev–Trinajstić information content (AvgIpc) is 0.935. The Balaban J connectivity index is 6.50. The molecule has 0 aromatic rings. The lowest BCUT2D eigenvalue weighted by Crippen LogP contribution is -2.62. The van der Waals surface area contributed by atoms with Crippen molar-refractivity contribution in [3.63, 3.8) is 0 Å². The van der Waals surface area contributed by atoms with Gasteiger partial charge in [-0.1, -0.05) is 27.7 Å². The lowest BCUT2D eigenvalue weighted by Gasteiger charge is -2.28. The van der Waals surface area contributed by atoms with Gasteiger partial charge in [-0.2, -0.15) is 0 Å². The molecule has 0 aliphatic carbocycles. The third-order valence-electron chi connectivity index (χ3n) is 13.7. The van der Waals surface area contributed by atoms with Crippen molar-refractivity contribution in [2.75, 3.05) is 19.8 Å². The fraction of sp³-hybridized carbons (Fsp3) is 0.655. The molecule has 0 aliphatic heterocycles. The maximum absolute atomic E-state index is 13.9. The van der Waals surface area contributed by atoms with E-state index >= 15 is 0 Å². The molecule has 0 aromatic carbocycles. The molecule has 0 saturated heterocycles. The predicted molar refractivity (Wildman–Crippen MR) is 327 cm³/mol. The van der Waals surface area contributed by atoms with E-state index in [9.17, 15) is 122 Å². The van der Waals surface area contributed by atoms with Crippen LogP contribution in [0.4, 0.5) is 0 Å². The van der Waals surface area contributed by atoms with Gasteiger partial charge in [0.25, 0.3) is 0 Å².